The van der Waals surface area contributed by atoms with Gasteiger partial charge in [0.1, 0.15) is 5.69 Å². The van der Waals surface area contributed by atoms with Crippen LogP contribution < -0.4 is 9.80 Å². The zero-order valence-corrected chi connectivity index (χ0v) is 19.1. The van der Waals surface area contributed by atoms with Crippen LogP contribution >= 0.6 is 47.2 Å². The number of thioether (sulfide) groups is 1. The van der Waals surface area contributed by atoms with E-state index >= 15 is 0 Å². The number of nitrogens with zero attached hydrogens (tertiary/aromatic N) is 3. The normalized spacial score (nSPS) is 18.2. The van der Waals surface area contributed by atoms with Gasteiger partial charge in [-0.1, -0.05) is 53.2 Å². The van der Waals surface area contributed by atoms with Gasteiger partial charge in [0, 0.05) is 24.2 Å². The molecule has 160 valence electrons. The average molecular weight is 496 g/mol. The smallest absolute Gasteiger partial charge is 0.293 e. The lowest BCUT2D eigenvalue weighted by atomic mass is 10.1. The maximum Gasteiger partial charge on any atom is 0.293 e. The molecule has 0 atom stereocenters. The second-order valence-electron chi connectivity index (χ2n) is 6.72. The van der Waals surface area contributed by atoms with Gasteiger partial charge >= 0.3 is 0 Å². The zero-order chi connectivity index (χ0) is 22.1. The first kappa shape index (κ1) is 22.0. The number of nitro groups is 1. The van der Waals surface area contributed by atoms with Gasteiger partial charge in [-0.25, -0.2) is 0 Å². The Kier molecular flexibility index (Phi) is 6.49. The number of halogens is 2. The molecule has 0 radical (unpaired) electrons. The highest BCUT2D eigenvalue weighted by atomic mass is 35.5. The number of amides is 1. The molecule has 2 saturated heterocycles. The molecule has 2 aromatic carbocycles. The number of morpholine rings is 1. The Bertz CT molecular complexity index is 1120. The Labute approximate surface area is 197 Å². The summed E-state index contributed by atoms with van der Waals surface area (Å²) >= 11 is 18.7. The molecule has 11 heteroatoms. The van der Waals surface area contributed by atoms with Crippen LogP contribution in [0.1, 0.15) is 5.56 Å². The van der Waals surface area contributed by atoms with Crippen LogP contribution in [0.3, 0.4) is 0 Å². The van der Waals surface area contributed by atoms with E-state index in [4.69, 9.17) is 40.2 Å². The molecule has 7 nitrogen and oxygen atoms in total. The Morgan fingerprint density at radius 3 is 2.52 bits per heavy atom. The topological polar surface area (TPSA) is 75.9 Å². The van der Waals surface area contributed by atoms with Crippen molar-refractivity contribution in [2.75, 3.05) is 36.1 Å². The van der Waals surface area contributed by atoms with Gasteiger partial charge in [-0.15, -0.1) is 0 Å². The van der Waals surface area contributed by atoms with Gasteiger partial charge < -0.3 is 9.64 Å². The molecule has 0 N–H and O–H groups in total. The second kappa shape index (κ2) is 9.13. The van der Waals surface area contributed by atoms with E-state index in [9.17, 15) is 14.9 Å². The minimum absolute atomic E-state index is 0.0214. The quantitative estimate of drug-likeness (QED) is 0.251. The molecule has 1 amide bonds. The summed E-state index contributed by atoms with van der Waals surface area (Å²) in [5, 5.41) is 12.4. The van der Waals surface area contributed by atoms with Crippen LogP contribution in [0.2, 0.25) is 10.0 Å². The fourth-order valence-corrected chi connectivity index (χ4v) is 5.12. The van der Waals surface area contributed by atoms with Crippen molar-refractivity contribution in [3.05, 3.63) is 67.0 Å². The first-order chi connectivity index (χ1) is 14.8. The van der Waals surface area contributed by atoms with Gasteiger partial charge in [0.15, 0.2) is 4.32 Å². The van der Waals surface area contributed by atoms with Crippen LogP contribution in [-0.2, 0) is 9.53 Å². The van der Waals surface area contributed by atoms with Crippen molar-refractivity contribution in [2.24, 2.45) is 0 Å². The van der Waals surface area contributed by atoms with E-state index in [0.717, 1.165) is 11.8 Å². The first-order valence-electron chi connectivity index (χ1n) is 9.19. The highest BCUT2D eigenvalue weighted by Gasteiger charge is 2.34. The Balaban J connectivity index is 1.65. The van der Waals surface area contributed by atoms with Crippen LogP contribution in [0.5, 0.6) is 0 Å². The second-order valence-corrected chi connectivity index (χ2v) is 9.24. The largest absolute Gasteiger partial charge is 0.378 e. The van der Waals surface area contributed by atoms with Crippen LogP contribution in [-0.4, -0.2) is 41.5 Å². The third kappa shape index (κ3) is 4.56. The number of anilines is 2. The number of hydrogen-bond donors (Lipinski definition) is 0. The number of ether oxygens (including phenoxy) is 1. The van der Waals surface area contributed by atoms with Crippen molar-refractivity contribution in [3.8, 4) is 0 Å². The lowest BCUT2D eigenvalue weighted by molar-refractivity contribution is -0.384. The van der Waals surface area contributed by atoms with E-state index in [2.05, 4.69) is 0 Å². The van der Waals surface area contributed by atoms with E-state index in [0.29, 0.717) is 62.5 Å². The molecule has 2 heterocycles. The van der Waals surface area contributed by atoms with Crippen molar-refractivity contribution >= 4 is 80.5 Å². The lowest BCUT2D eigenvalue weighted by Gasteiger charge is -2.28. The molecule has 2 aliphatic heterocycles. The van der Waals surface area contributed by atoms with E-state index in [1.165, 1.54) is 17.0 Å². The SMILES string of the molecule is O=C1/C(=C\c2ccc(N3CCOCC3)c([N+](=O)[O-])c2)SC(=S)N1c1ccc(Cl)cc1Cl. The number of carbonyl (C=O) groups is 1. The third-order valence-electron chi connectivity index (χ3n) is 4.79. The molecule has 2 aromatic rings. The predicted octanol–water partition coefficient (Wildman–Crippen LogP) is 5.14. The van der Waals surface area contributed by atoms with E-state index in [1.807, 2.05) is 4.90 Å². The molecule has 2 aliphatic rings. The summed E-state index contributed by atoms with van der Waals surface area (Å²) in [7, 11) is 0. The number of thiocarbonyl (C=S) groups is 1. The fourth-order valence-electron chi connectivity index (χ4n) is 3.34. The Morgan fingerprint density at radius 2 is 1.84 bits per heavy atom. The molecule has 0 bridgehead atoms. The minimum atomic E-state index is -0.416. The standard InChI is InChI=1S/C20H15Cl2N3O4S2/c21-13-2-4-15(14(22)11-13)24-19(26)18(31-20(24)30)10-12-1-3-16(17(9-12)25(27)28)23-5-7-29-8-6-23/h1-4,9-11H,5-8H2/b18-10+. The molecule has 0 unspecified atom stereocenters. The molecule has 0 aliphatic carbocycles. The summed E-state index contributed by atoms with van der Waals surface area (Å²) in [4.78, 5) is 27.9. The Morgan fingerprint density at radius 1 is 1.13 bits per heavy atom. The van der Waals surface area contributed by atoms with Crippen LogP contribution in [0.15, 0.2) is 41.3 Å². The van der Waals surface area contributed by atoms with Crippen LogP contribution in [0.4, 0.5) is 17.1 Å². The molecule has 0 saturated carbocycles. The van der Waals surface area contributed by atoms with Gasteiger partial charge in [0.05, 0.1) is 33.8 Å². The van der Waals surface area contributed by atoms with Gasteiger partial charge in [0.2, 0.25) is 0 Å². The molecular formula is C20H15Cl2N3O4S2. The lowest BCUT2D eigenvalue weighted by Crippen LogP contribution is -2.36. The van der Waals surface area contributed by atoms with Gasteiger partial charge in [-0.05, 0) is 35.9 Å². The molecular weight excluding hydrogens is 481 g/mol. The summed E-state index contributed by atoms with van der Waals surface area (Å²) < 4.78 is 5.64. The summed E-state index contributed by atoms with van der Waals surface area (Å²) in [5.41, 5.74) is 1.48. The van der Waals surface area contributed by atoms with Crippen LogP contribution in [0.25, 0.3) is 6.08 Å². The predicted molar refractivity (Wildman–Crippen MR) is 128 cm³/mol. The van der Waals surface area contributed by atoms with Gasteiger partial charge in [-0.2, -0.15) is 0 Å². The van der Waals surface area contributed by atoms with Crippen molar-refractivity contribution < 1.29 is 14.5 Å². The molecule has 2 fully saturated rings. The highest BCUT2D eigenvalue weighted by molar-refractivity contribution is 8.27. The first-order valence-corrected chi connectivity index (χ1v) is 11.2. The third-order valence-corrected chi connectivity index (χ3v) is 6.63. The monoisotopic (exact) mass is 495 g/mol. The summed E-state index contributed by atoms with van der Waals surface area (Å²) in [6.45, 7) is 2.21. The Hall–Kier alpha value is -2.17. The molecule has 0 aromatic heterocycles. The molecule has 31 heavy (non-hydrogen) atoms. The van der Waals surface area contributed by atoms with E-state index in [1.54, 1.807) is 30.3 Å². The number of rotatable bonds is 4. The van der Waals surface area contributed by atoms with Crippen molar-refractivity contribution in [3.63, 3.8) is 0 Å². The molecule has 0 spiro atoms. The van der Waals surface area contributed by atoms with Crippen molar-refractivity contribution in [1.29, 1.82) is 0 Å². The minimum Gasteiger partial charge on any atom is -0.378 e. The van der Waals surface area contributed by atoms with Crippen LogP contribution in [0, 0.1) is 10.1 Å². The summed E-state index contributed by atoms with van der Waals surface area (Å²) in [6.07, 6.45) is 1.60. The number of carbonyl (C=O) groups excluding carboxylic acids is 1. The molecule has 4 rings (SSSR count). The zero-order valence-electron chi connectivity index (χ0n) is 15.9. The van der Waals surface area contributed by atoms with Gasteiger partial charge in [-0.3, -0.25) is 19.8 Å². The maximum absolute atomic E-state index is 13.0. The number of hydrogen-bond acceptors (Lipinski definition) is 7. The van der Waals surface area contributed by atoms with Gasteiger partial charge in [0.25, 0.3) is 11.6 Å². The summed E-state index contributed by atoms with van der Waals surface area (Å²) in [6, 6.07) is 9.70. The van der Waals surface area contributed by atoms with E-state index < -0.39 is 4.92 Å². The average Bonchev–Trinajstić information content (AvgIpc) is 3.02. The fraction of sp³-hybridized carbons (Fsp3) is 0.200. The van der Waals surface area contributed by atoms with E-state index in [-0.39, 0.29) is 11.6 Å². The van der Waals surface area contributed by atoms with Crippen molar-refractivity contribution in [2.45, 2.75) is 0 Å². The van der Waals surface area contributed by atoms with Crippen molar-refractivity contribution in [1.82, 2.24) is 0 Å². The maximum atomic E-state index is 13.0. The summed E-state index contributed by atoms with van der Waals surface area (Å²) in [5.74, 6) is -0.348. The number of nitro benzene ring substituents is 1. The number of benzene rings is 2. The highest BCUT2D eigenvalue weighted by Crippen LogP contribution is 2.40.